The molecule has 0 aliphatic rings. The third kappa shape index (κ3) is 2.35. The molecule has 0 fully saturated rings. The van der Waals surface area contributed by atoms with Gasteiger partial charge in [-0.25, -0.2) is 4.98 Å². The minimum atomic E-state index is -0.153. The fraction of sp³-hybridized carbons (Fsp3) is 0.0714. The predicted octanol–water partition coefficient (Wildman–Crippen LogP) is 3.50. The van der Waals surface area contributed by atoms with Crippen LogP contribution in [-0.4, -0.2) is 15.9 Å². The molecule has 100 valence electrons. The zero-order valence-corrected chi connectivity index (χ0v) is 11.3. The van der Waals surface area contributed by atoms with Crippen molar-refractivity contribution in [3.63, 3.8) is 0 Å². The summed E-state index contributed by atoms with van der Waals surface area (Å²) in [6, 6.07) is 8.71. The molecule has 2 heterocycles. The van der Waals surface area contributed by atoms with Gasteiger partial charge in [0.1, 0.15) is 0 Å². The van der Waals surface area contributed by atoms with E-state index in [-0.39, 0.29) is 5.91 Å². The van der Waals surface area contributed by atoms with Crippen molar-refractivity contribution in [2.75, 3.05) is 5.32 Å². The first-order valence-corrected chi connectivity index (χ1v) is 6.30. The summed E-state index contributed by atoms with van der Waals surface area (Å²) in [5, 5.41) is 3.11. The summed E-state index contributed by atoms with van der Waals surface area (Å²) in [6.07, 6.45) is 1.65. The van der Waals surface area contributed by atoms with E-state index in [1.54, 1.807) is 36.5 Å². The van der Waals surface area contributed by atoms with E-state index in [0.29, 0.717) is 33.4 Å². The number of benzene rings is 1. The average molecular weight is 288 g/mol. The van der Waals surface area contributed by atoms with Crippen molar-refractivity contribution in [1.29, 1.82) is 0 Å². The van der Waals surface area contributed by atoms with Crippen LogP contribution in [0.5, 0.6) is 0 Å². The van der Waals surface area contributed by atoms with Gasteiger partial charge in [-0.1, -0.05) is 11.6 Å². The second-order valence-corrected chi connectivity index (χ2v) is 4.63. The lowest BCUT2D eigenvalue weighted by Gasteiger charge is -2.04. The summed E-state index contributed by atoms with van der Waals surface area (Å²) in [5.41, 5.74) is 2.41. The number of nitrogens with zero attached hydrogens (tertiary/aromatic N) is 2. The van der Waals surface area contributed by atoms with Gasteiger partial charge in [-0.15, -0.1) is 0 Å². The van der Waals surface area contributed by atoms with Gasteiger partial charge in [0.2, 0.25) is 11.8 Å². The Hall–Kier alpha value is -2.40. The quantitative estimate of drug-likeness (QED) is 0.783. The number of anilines is 1. The van der Waals surface area contributed by atoms with Crippen LogP contribution in [0, 0.1) is 0 Å². The fourth-order valence-electron chi connectivity index (χ4n) is 1.85. The predicted molar refractivity (Wildman–Crippen MR) is 76.6 cm³/mol. The van der Waals surface area contributed by atoms with Crippen LogP contribution in [0.2, 0.25) is 5.02 Å². The monoisotopic (exact) mass is 287 g/mol. The number of nitrogens with one attached hydrogen (secondary N) is 1. The van der Waals surface area contributed by atoms with E-state index >= 15 is 0 Å². The van der Waals surface area contributed by atoms with Crippen molar-refractivity contribution >= 4 is 34.4 Å². The maximum atomic E-state index is 11.0. The Balaban J connectivity index is 2.03. The molecule has 5 nitrogen and oxygen atoms in total. The third-order valence-corrected chi connectivity index (χ3v) is 3.00. The Kier molecular flexibility index (Phi) is 3.12. The summed E-state index contributed by atoms with van der Waals surface area (Å²) < 4.78 is 5.61. The van der Waals surface area contributed by atoms with Gasteiger partial charge in [0.25, 0.3) is 0 Å². The van der Waals surface area contributed by atoms with Crippen molar-refractivity contribution < 1.29 is 9.21 Å². The van der Waals surface area contributed by atoms with Gasteiger partial charge in [-0.3, -0.25) is 4.79 Å². The van der Waals surface area contributed by atoms with E-state index in [0.717, 1.165) is 0 Å². The third-order valence-electron chi connectivity index (χ3n) is 2.68. The van der Waals surface area contributed by atoms with Crippen molar-refractivity contribution in [2.45, 2.75) is 6.92 Å². The molecule has 1 aromatic carbocycles. The molecule has 20 heavy (non-hydrogen) atoms. The van der Waals surface area contributed by atoms with Crippen molar-refractivity contribution in [3.8, 4) is 11.5 Å². The van der Waals surface area contributed by atoms with E-state index in [9.17, 15) is 4.79 Å². The van der Waals surface area contributed by atoms with E-state index in [2.05, 4.69) is 15.3 Å². The van der Waals surface area contributed by atoms with Crippen molar-refractivity contribution in [3.05, 3.63) is 41.6 Å². The summed E-state index contributed by atoms with van der Waals surface area (Å²) in [5.74, 6) is 0.248. The Morgan fingerprint density at radius 1 is 1.35 bits per heavy atom. The average Bonchev–Trinajstić information content (AvgIpc) is 2.81. The van der Waals surface area contributed by atoms with Gasteiger partial charge in [-0.2, -0.15) is 4.98 Å². The zero-order chi connectivity index (χ0) is 14.1. The van der Waals surface area contributed by atoms with E-state index in [4.69, 9.17) is 16.0 Å². The molecule has 3 aromatic rings. The number of rotatable bonds is 2. The molecule has 0 radical (unpaired) electrons. The van der Waals surface area contributed by atoms with Gasteiger partial charge in [-0.05, 0) is 30.3 Å². The van der Waals surface area contributed by atoms with Crippen LogP contribution in [0.15, 0.2) is 40.9 Å². The van der Waals surface area contributed by atoms with Gasteiger partial charge in [0, 0.05) is 18.8 Å². The SMILES string of the molecule is CC(=O)Nc1ccc(-c2nc3ncccc3o2)c(Cl)c1. The van der Waals surface area contributed by atoms with E-state index < -0.39 is 0 Å². The molecular weight excluding hydrogens is 278 g/mol. The number of aromatic nitrogens is 2. The number of fused-ring (bicyclic) bond motifs is 1. The molecule has 1 N–H and O–H groups in total. The topological polar surface area (TPSA) is 68.0 Å². The summed E-state index contributed by atoms with van der Waals surface area (Å²) >= 11 is 6.20. The number of amides is 1. The van der Waals surface area contributed by atoms with Crippen LogP contribution >= 0.6 is 11.6 Å². The summed E-state index contributed by atoms with van der Waals surface area (Å²) in [6.45, 7) is 1.44. The van der Waals surface area contributed by atoms with E-state index in [1.807, 2.05) is 0 Å². The van der Waals surface area contributed by atoms with E-state index in [1.165, 1.54) is 6.92 Å². The molecule has 3 rings (SSSR count). The first kappa shape index (κ1) is 12.6. The second kappa shape index (κ2) is 4.94. The van der Waals surface area contributed by atoms with Gasteiger partial charge in [0.15, 0.2) is 11.2 Å². The summed E-state index contributed by atoms with van der Waals surface area (Å²) in [7, 11) is 0. The standard InChI is InChI=1S/C14H10ClN3O2/c1-8(19)17-9-4-5-10(11(15)7-9)14-18-13-12(20-14)3-2-6-16-13/h2-7H,1H3,(H,17,19). The molecule has 2 aromatic heterocycles. The molecule has 0 aliphatic heterocycles. The summed E-state index contributed by atoms with van der Waals surface area (Å²) in [4.78, 5) is 19.4. The Bertz CT molecular complexity index is 765. The molecule has 0 saturated heterocycles. The van der Waals surface area contributed by atoms with Crippen molar-refractivity contribution in [2.24, 2.45) is 0 Å². The van der Waals surface area contributed by atoms with Gasteiger partial charge >= 0.3 is 0 Å². The lowest BCUT2D eigenvalue weighted by molar-refractivity contribution is -0.114. The highest BCUT2D eigenvalue weighted by Gasteiger charge is 2.12. The maximum absolute atomic E-state index is 11.0. The molecule has 6 heteroatoms. The highest BCUT2D eigenvalue weighted by Crippen LogP contribution is 2.31. The lowest BCUT2D eigenvalue weighted by atomic mass is 10.2. The van der Waals surface area contributed by atoms with Crippen LogP contribution < -0.4 is 5.32 Å². The van der Waals surface area contributed by atoms with Crippen LogP contribution in [0.3, 0.4) is 0 Å². The zero-order valence-electron chi connectivity index (χ0n) is 10.6. The number of hydrogen-bond donors (Lipinski definition) is 1. The largest absolute Gasteiger partial charge is 0.434 e. The lowest BCUT2D eigenvalue weighted by Crippen LogP contribution is -2.05. The smallest absolute Gasteiger partial charge is 0.230 e. The number of halogens is 1. The minimum Gasteiger partial charge on any atom is -0.434 e. The van der Waals surface area contributed by atoms with Crippen molar-refractivity contribution in [1.82, 2.24) is 9.97 Å². The number of carbonyl (C=O) groups excluding carboxylic acids is 1. The van der Waals surface area contributed by atoms with Crippen LogP contribution in [0.25, 0.3) is 22.7 Å². The second-order valence-electron chi connectivity index (χ2n) is 4.22. The number of pyridine rings is 1. The van der Waals surface area contributed by atoms with Gasteiger partial charge < -0.3 is 9.73 Å². The molecular formula is C14H10ClN3O2. The molecule has 0 spiro atoms. The van der Waals surface area contributed by atoms with Crippen LogP contribution in [0.1, 0.15) is 6.92 Å². The van der Waals surface area contributed by atoms with Gasteiger partial charge in [0.05, 0.1) is 10.6 Å². The number of carbonyl (C=O) groups is 1. The fourth-order valence-corrected chi connectivity index (χ4v) is 2.12. The number of hydrogen-bond acceptors (Lipinski definition) is 4. The molecule has 1 amide bonds. The minimum absolute atomic E-state index is 0.153. The molecule has 0 unspecified atom stereocenters. The normalized spacial score (nSPS) is 10.7. The Labute approximate surface area is 119 Å². The molecule has 0 saturated carbocycles. The highest BCUT2D eigenvalue weighted by atomic mass is 35.5. The number of oxazole rings is 1. The molecule has 0 aliphatic carbocycles. The maximum Gasteiger partial charge on any atom is 0.230 e. The Morgan fingerprint density at radius 2 is 2.20 bits per heavy atom. The highest BCUT2D eigenvalue weighted by molar-refractivity contribution is 6.33. The Morgan fingerprint density at radius 3 is 2.90 bits per heavy atom. The molecule has 0 atom stereocenters. The molecule has 0 bridgehead atoms. The van der Waals surface area contributed by atoms with Crippen LogP contribution in [0.4, 0.5) is 5.69 Å². The first-order valence-electron chi connectivity index (χ1n) is 5.92. The van der Waals surface area contributed by atoms with Crippen LogP contribution in [-0.2, 0) is 4.79 Å². The first-order chi connectivity index (χ1) is 9.63.